The van der Waals surface area contributed by atoms with E-state index in [4.69, 9.17) is 0 Å². The van der Waals surface area contributed by atoms with E-state index >= 15 is 0 Å². The molecule has 0 spiro atoms. The van der Waals surface area contributed by atoms with E-state index in [0.29, 0.717) is 0 Å². The average molecular weight is 256 g/mol. The molecule has 0 aromatic heterocycles. The van der Waals surface area contributed by atoms with Crippen LogP contribution in [0.25, 0.3) is 0 Å². The molecule has 2 atom stereocenters. The predicted octanol–water partition coefficient (Wildman–Crippen LogP) is 2.59. The highest BCUT2D eigenvalue weighted by atomic mass is 32.2. The minimum atomic E-state index is 0.722. The van der Waals surface area contributed by atoms with E-state index in [-0.39, 0.29) is 0 Å². The van der Waals surface area contributed by atoms with Crippen molar-refractivity contribution in [1.29, 1.82) is 0 Å². The van der Waals surface area contributed by atoms with Gasteiger partial charge in [0.05, 0.1) is 0 Å². The normalized spacial score (nSPS) is 33.2. The van der Waals surface area contributed by atoms with Gasteiger partial charge in [-0.15, -0.1) is 0 Å². The van der Waals surface area contributed by atoms with Crippen LogP contribution in [-0.4, -0.2) is 47.6 Å². The number of nitrogens with one attached hydrogen (secondary N) is 1. The maximum absolute atomic E-state index is 3.72. The molecule has 0 aromatic carbocycles. The first kappa shape index (κ1) is 13.7. The summed E-state index contributed by atoms with van der Waals surface area (Å²) in [6, 6.07) is 2.34. The van der Waals surface area contributed by atoms with Gasteiger partial charge >= 0.3 is 0 Å². The van der Waals surface area contributed by atoms with Gasteiger partial charge in [-0.3, -0.25) is 4.90 Å². The maximum atomic E-state index is 3.72. The number of piperazine rings is 1. The summed E-state index contributed by atoms with van der Waals surface area (Å²) in [7, 11) is 0. The van der Waals surface area contributed by atoms with Crippen LogP contribution in [0.2, 0.25) is 0 Å². The zero-order chi connectivity index (χ0) is 12.3. The largest absolute Gasteiger partial charge is 0.311 e. The van der Waals surface area contributed by atoms with Crippen LogP contribution in [0.1, 0.15) is 40.0 Å². The summed E-state index contributed by atoms with van der Waals surface area (Å²) in [5, 5.41) is 3.72. The Morgan fingerprint density at radius 1 is 1.29 bits per heavy atom. The van der Waals surface area contributed by atoms with Gasteiger partial charge in [0.2, 0.25) is 0 Å². The van der Waals surface area contributed by atoms with Crippen LogP contribution in [0.15, 0.2) is 0 Å². The van der Waals surface area contributed by atoms with E-state index in [2.05, 4.69) is 42.7 Å². The molecule has 0 aliphatic carbocycles. The fraction of sp³-hybridized carbons (Fsp3) is 1.00. The van der Waals surface area contributed by atoms with Crippen molar-refractivity contribution in [2.45, 2.75) is 58.2 Å². The summed E-state index contributed by atoms with van der Waals surface area (Å²) in [5.41, 5.74) is 0. The van der Waals surface area contributed by atoms with Crippen molar-refractivity contribution in [3.8, 4) is 0 Å². The van der Waals surface area contributed by atoms with E-state index in [1.165, 1.54) is 43.9 Å². The van der Waals surface area contributed by atoms with E-state index in [0.717, 1.165) is 24.0 Å². The molecule has 3 heteroatoms. The van der Waals surface area contributed by atoms with Gasteiger partial charge in [0.15, 0.2) is 0 Å². The quantitative estimate of drug-likeness (QED) is 0.835. The molecule has 0 aromatic rings. The topological polar surface area (TPSA) is 15.3 Å². The molecule has 1 N–H and O–H groups in total. The van der Waals surface area contributed by atoms with Crippen molar-refractivity contribution in [2.75, 3.05) is 24.6 Å². The first-order chi connectivity index (χ1) is 8.22. The third-order valence-electron chi connectivity index (χ3n) is 4.40. The van der Waals surface area contributed by atoms with Crippen LogP contribution in [0.3, 0.4) is 0 Å². The van der Waals surface area contributed by atoms with Gasteiger partial charge in [-0.05, 0) is 36.7 Å². The van der Waals surface area contributed by atoms with Gasteiger partial charge in [-0.25, -0.2) is 0 Å². The lowest BCUT2D eigenvalue weighted by Crippen LogP contribution is -2.61. The van der Waals surface area contributed by atoms with Crippen molar-refractivity contribution < 1.29 is 0 Å². The van der Waals surface area contributed by atoms with Gasteiger partial charge < -0.3 is 5.32 Å². The number of nitrogens with zero attached hydrogens (tertiary/aromatic N) is 1. The smallest absolute Gasteiger partial charge is 0.0247 e. The minimum absolute atomic E-state index is 0.722. The zero-order valence-corrected chi connectivity index (χ0v) is 12.4. The van der Waals surface area contributed by atoms with Gasteiger partial charge in [0, 0.05) is 31.2 Å². The number of rotatable bonds is 3. The Morgan fingerprint density at radius 3 is 2.59 bits per heavy atom. The molecule has 2 saturated heterocycles. The number of hydrogen-bond acceptors (Lipinski definition) is 3. The van der Waals surface area contributed by atoms with Crippen LogP contribution in [0.4, 0.5) is 0 Å². The van der Waals surface area contributed by atoms with Crippen LogP contribution in [0.5, 0.6) is 0 Å². The molecule has 2 heterocycles. The number of thioether (sulfide) groups is 1. The first-order valence-corrected chi connectivity index (χ1v) is 8.44. The molecule has 100 valence electrons. The Hall–Kier alpha value is 0.270. The Morgan fingerprint density at radius 2 is 2.00 bits per heavy atom. The van der Waals surface area contributed by atoms with E-state index in [9.17, 15) is 0 Å². The average Bonchev–Trinajstić information content (AvgIpc) is 2.39. The van der Waals surface area contributed by atoms with Gasteiger partial charge in [0.1, 0.15) is 0 Å². The highest BCUT2D eigenvalue weighted by Crippen LogP contribution is 2.27. The van der Waals surface area contributed by atoms with Crippen LogP contribution in [0, 0.1) is 5.92 Å². The SMILES string of the molecule is CCC1CN(C2CCSCC2)C(C(C)C)CN1. The molecule has 2 rings (SSSR count). The highest BCUT2D eigenvalue weighted by molar-refractivity contribution is 7.99. The maximum Gasteiger partial charge on any atom is 0.0247 e. The van der Waals surface area contributed by atoms with Crippen molar-refractivity contribution in [2.24, 2.45) is 5.92 Å². The molecule has 2 aliphatic rings. The Bertz CT molecular complexity index is 226. The van der Waals surface area contributed by atoms with Gasteiger partial charge in [0.25, 0.3) is 0 Å². The Kier molecular flexibility index (Phi) is 5.19. The predicted molar refractivity (Wildman–Crippen MR) is 77.8 cm³/mol. The van der Waals surface area contributed by atoms with E-state index in [1.54, 1.807) is 0 Å². The summed E-state index contributed by atoms with van der Waals surface area (Å²) in [4.78, 5) is 2.84. The lowest BCUT2D eigenvalue weighted by molar-refractivity contribution is 0.0508. The summed E-state index contributed by atoms with van der Waals surface area (Å²) in [5.74, 6) is 3.52. The molecule has 2 unspecified atom stereocenters. The molecule has 0 bridgehead atoms. The van der Waals surface area contributed by atoms with Crippen molar-refractivity contribution in [3.05, 3.63) is 0 Å². The molecule has 0 saturated carbocycles. The molecule has 2 fully saturated rings. The molecular formula is C14H28N2S. The fourth-order valence-corrected chi connectivity index (χ4v) is 4.27. The second kappa shape index (κ2) is 6.44. The molecule has 0 radical (unpaired) electrons. The fourth-order valence-electron chi connectivity index (χ4n) is 3.19. The van der Waals surface area contributed by atoms with E-state index in [1.807, 2.05) is 0 Å². The monoisotopic (exact) mass is 256 g/mol. The summed E-state index contributed by atoms with van der Waals surface area (Å²) < 4.78 is 0. The number of hydrogen-bond donors (Lipinski definition) is 1. The minimum Gasteiger partial charge on any atom is -0.311 e. The third-order valence-corrected chi connectivity index (χ3v) is 5.44. The molecule has 2 nitrogen and oxygen atoms in total. The lowest BCUT2D eigenvalue weighted by atomic mass is 9.94. The van der Waals surface area contributed by atoms with Crippen LogP contribution >= 0.6 is 11.8 Å². The first-order valence-electron chi connectivity index (χ1n) is 7.29. The second-order valence-electron chi connectivity index (χ2n) is 5.87. The Balaban J connectivity index is 2.01. The van der Waals surface area contributed by atoms with Crippen molar-refractivity contribution >= 4 is 11.8 Å². The Labute approximate surface area is 111 Å². The van der Waals surface area contributed by atoms with Gasteiger partial charge in [-0.2, -0.15) is 11.8 Å². The molecule has 0 amide bonds. The second-order valence-corrected chi connectivity index (χ2v) is 7.09. The molecule has 17 heavy (non-hydrogen) atoms. The van der Waals surface area contributed by atoms with E-state index < -0.39 is 0 Å². The highest BCUT2D eigenvalue weighted by Gasteiger charge is 2.34. The summed E-state index contributed by atoms with van der Waals surface area (Å²) in [6.07, 6.45) is 4.08. The molecule has 2 aliphatic heterocycles. The summed E-state index contributed by atoms with van der Waals surface area (Å²) in [6.45, 7) is 9.53. The van der Waals surface area contributed by atoms with Gasteiger partial charge in [-0.1, -0.05) is 20.8 Å². The standard InChI is InChI=1S/C14H28N2S/c1-4-12-10-16(13-5-7-17-8-6-13)14(9-15-12)11(2)3/h11-15H,4-10H2,1-3H3. The zero-order valence-electron chi connectivity index (χ0n) is 11.6. The van der Waals surface area contributed by atoms with Crippen molar-refractivity contribution in [3.63, 3.8) is 0 Å². The van der Waals surface area contributed by atoms with Crippen molar-refractivity contribution in [1.82, 2.24) is 10.2 Å². The third kappa shape index (κ3) is 3.39. The molecular weight excluding hydrogens is 228 g/mol. The summed E-state index contributed by atoms with van der Waals surface area (Å²) >= 11 is 2.14. The van der Waals surface area contributed by atoms with Crippen LogP contribution in [-0.2, 0) is 0 Å². The van der Waals surface area contributed by atoms with Crippen LogP contribution < -0.4 is 5.32 Å². The lowest BCUT2D eigenvalue weighted by Gasteiger charge is -2.47.